The third-order valence-electron chi connectivity index (χ3n) is 2.00. The Balaban J connectivity index is 2.48. The van der Waals surface area contributed by atoms with Gasteiger partial charge in [-0.05, 0) is 24.3 Å². The third kappa shape index (κ3) is 6.68. The molecule has 0 atom stereocenters. The first-order valence-electron chi connectivity index (χ1n) is 5.87. The van der Waals surface area contributed by atoms with Gasteiger partial charge in [0, 0.05) is 9.64 Å². The number of carbonyl (C=O) groups excluding carboxylic acids is 2. The van der Waals surface area contributed by atoms with E-state index in [1.165, 1.54) is 11.8 Å². The molecule has 0 N–H and O–H groups in total. The summed E-state index contributed by atoms with van der Waals surface area (Å²) in [6.07, 6.45) is -0.0430. The lowest BCUT2D eigenvalue weighted by Gasteiger charge is -2.15. The van der Waals surface area contributed by atoms with Crippen molar-refractivity contribution in [3.63, 3.8) is 0 Å². The van der Waals surface area contributed by atoms with Gasteiger partial charge in [-0.15, -0.1) is 0 Å². The van der Waals surface area contributed by atoms with E-state index >= 15 is 0 Å². The molecule has 0 amide bonds. The van der Waals surface area contributed by atoms with E-state index in [-0.39, 0.29) is 21.4 Å². The second-order valence-corrected chi connectivity index (χ2v) is 7.93. The van der Waals surface area contributed by atoms with Crippen LogP contribution < -0.4 is 4.74 Å². The normalized spacial score (nSPS) is 11.2. The van der Waals surface area contributed by atoms with Crippen LogP contribution in [0, 0.1) is 0 Å². The van der Waals surface area contributed by atoms with Crippen LogP contribution in [-0.2, 0) is 9.59 Å². The summed E-state index contributed by atoms with van der Waals surface area (Å²) >= 11 is 2.30. The molecule has 1 aromatic carbocycles. The fourth-order valence-electron chi connectivity index (χ4n) is 1.31. The van der Waals surface area contributed by atoms with Crippen LogP contribution in [0.3, 0.4) is 0 Å². The highest BCUT2D eigenvalue weighted by Crippen LogP contribution is 2.28. The summed E-state index contributed by atoms with van der Waals surface area (Å²) in [5.74, 6) is 0.746. The van der Waals surface area contributed by atoms with E-state index < -0.39 is 0 Å². The maximum absolute atomic E-state index is 11.8. The third-order valence-corrected chi connectivity index (χ3v) is 3.86. The van der Waals surface area contributed by atoms with Crippen molar-refractivity contribution in [2.24, 2.45) is 0 Å². The van der Waals surface area contributed by atoms with Gasteiger partial charge in [0.25, 0.3) is 0 Å². The molecule has 0 aliphatic heterocycles. The molecule has 0 radical (unpaired) electrons. The van der Waals surface area contributed by atoms with Crippen molar-refractivity contribution in [2.75, 3.05) is 7.11 Å². The molecule has 0 aromatic heterocycles. The Labute approximate surface area is 122 Å². The van der Waals surface area contributed by atoms with Crippen LogP contribution in [-0.4, -0.2) is 22.1 Å². The van der Waals surface area contributed by atoms with Crippen LogP contribution in [0.15, 0.2) is 29.2 Å². The van der Waals surface area contributed by atoms with Crippen molar-refractivity contribution < 1.29 is 14.3 Å². The van der Waals surface area contributed by atoms with Gasteiger partial charge in [0.05, 0.1) is 13.5 Å². The Morgan fingerprint density at radius 3 is 2.16 bits per heavy atom. The second-order valence-electron chi connectivity index (χ2n) is 4.91. The van der Waals surface area contributed by atoms with Gasteiger partial charge in [0.15, 0.2) is 5.12 Å². The highest BCUT2D eigenvalue weighted by atomic mass is 32.2. The highest BCUT2D eigenvalue weighted by Gasteiger charge is 2.19. The molecule has 0 aliphatic rings. The summed E-state index contributed by atoms with van der Waals surface area (Å²) in [6.45, 7) is 5.87. The van der Waals surface area contributed by atoms with E-state index in [4.69, 9.17) is 4.74 Å². The lowest BCUT2D eigenvalue weighted by atomic mass is 10.3. The summed E-state index contributed by atoms with van der Waals surface area (Å²) in [5, 5.41) is -0.217. The fraction of sp³-hybridized carbons (Fsp3) is 0.429. The van der Waals surface area contributed by atoms with Crippen molar-refractivity contribution >= 4 is 33.8 Å². The Morgan fingerprint density at radius 2 is 1.68 bits per heavy atom. The van der Waals surface area contributed by atoms with Crippen LogP contribution in [0.25, 0.3) is 0 Å². The van der Waals surface area contributed by atoms with Gasteiger partial charge in [-0.2, -0.15) is 0 Å². The van der Waals surface area contributed by atoms with Gasteiger partial charge in [0.2, 0.25) is 5.12 Å². The number of rotatable bonds is 4. The molecule has 1 rings (SSSR count). The van der Waals surface area contributed by atoms with Gasteiger partial charge in [-0.25, -0.2) is 0 Å². The second kappa shape index (κ2) is 7.01. The first-order chi connectivity index (χ1) is 8.80. The molecule has 3 nitrogen and oxygen atoms in total. The molecule has 1 aromatic rings. The molecule has 0 heterocycles. The van der Waals surface area contributed by atoms with E-state index in [0.29, 0.717) is 0 Å². The van der Waals surface area contributed by atoms with Crippen LogP contribution >= 0.6 is 23.5 Å². The Bertz CT molecular complexity index is 447. The van der Waals surface area contributed by atoms with Crippen molar-refractivity contribution in [2.45, 2.75) is 36.8 Å². The molecular weight excluding hydrogens is 280 g/mol. The van der Waals surface area contributed by atoms with Crippen molar-refractivity contribution in [3.05, 3.63) is 24.3 Å². The number of benzene rings is 1. The molecule has 0 unspecified atom stereocenters. The Kier molecular flexibility index (Phi) is 5.94. The number of ether oxygens (including phenoxy) is 1. The smallest absolute Gasteiger partial charge is 0.201 e. The van der Waals surface area contributed by atoms with E-state index in [1.54, 1.807) is 19.2 Å². The lowest BCUT2D eigenvalue weighted by molar-refractivity contribution is -0.117. The highest BCUT2D eigenvalue weighted by molar-refractivity contribution is 8.16. The molecule has 0 aliphatic carbocycles. The SMILES string of the molecule is COc1ccc(SC(=O)CC(=O)SC(C)(C)C)cc1. The maximum atomic E-state index is 11.8. The van der Waals surface area contributed by atoms with E-state index in [9.17, 15) is 9.59 Å². The van der Waals surface area contributed by atoms with Crippen LogP contribution in [0.4, 0.5) is 0 Å². The van der Waals surface area contributed by atoms with Crippen LogP contribution in [0.1, 0.15) is 27.2 Å². The number of thioether (sulfide) groups is 2. The first-order valence-corrected chi connectivity index (χ1v) is 7.50. The first kappa shape index (κ1) is 16.1. The molecule has 0 saturated carbocycles. The fourth-order valence-corrected chi connectivity index (χ4v) is 3.02. The largest absolute Gasteiger partial charge is 0.497 e. The molecule has 19 heavy (non-hydrogen) atoms. The molecule has 0 fully saturated rings. The molecule has 0 bridgehead atoms. The van der Waals surface area contributed by atoms with Gasteiger partial charge in [-0.1, -0.05) is 44.3 Å². The van der Waals surface area contributed by atoms with Crippen molar-refractivity contribution in [3.8, 4) is 5.75 Å². The molecule has 5 heteroatoms. The van der Waals surface area contributed by atoms with Crippen molar-refractivity contribution in [1.29, 1.82) is 0 Å². The van der Waals surface area contributed by atoms with Crippen LogP contribution in [0.2, 0.25) is 0 Å². The number of methoxy groups -OCH3 is 1. The van der Waals surface area contributed by atoms with Gasteiger partial charge in [-0.3, -0.25) is 9.59 Å². The Morgan fingerprint density at radius 1 is 1.11 bits per heavy atom. The lowest BCUT2D eigenvalue weighted by Crippen LogP contribution is -2.13. The summed E-state index contributed by atoms with van der Waals surface area (Å²) in [7, 11) is 1.59. The Hall–Kier alpha value is -0.940. The summed E-state index contributed by atoms with van der Waals surface area (Å²) in [6, 6.07) is 7.20. The van der Waals surface area contributed by atoms with E-state index in [2.05, 4.69) is 0 Å². The number of hydrogen-bond donors (Lipinski definition) is 0. The minimum absolute atomic E-state index is 0.0430. The molecule has 0 saturated heterocycles. The maximum Gasteiger partial charge on any atom is 0.201 e. The minimum atomic E-state index is -0.151. The van der Waals surface area contributed by atoms with Crippen molar-refractivity contribution in [1.82, 2.24) is 0 Å². The number of hydrogen-bond acceptors (Lipinski definition) is 5. The standard InChI is InChI=1S/C14H18O3S2/c1-14(2,3)19-13(16)9-12(15)18-11-7-5-10(17-4)6-8-11/h5-8H,9H2,1-4H3. The zero-order valence-electron chi connectivity index (χ0n) is 11.6. The zero-order valence-corrected chi connectivity index (χ0v) is 13.2. The van der Waals surface area contributed by atoms with E-state index in [0.717, 1.165) is 22.4 Å². The average molecular weight is 298 g/mol. The topological polar surface area (TPSA) is 43.4 Å². The van der Waals surface area contributed by atoms with Gasteiger partial charge >= 0.3 is 0 Å². The van der Waals surface area contributed by atoms with E-state index in [1.807, 2.05) is 32.9 Å². The summed E-state index contributed by atoms with van der Waals surface area (Å²) in [4.78, 5) is 24.2. The van der Waals surface area contributed by atoms with Gasteiger partial charge in [0.1, 0.15) is 5.75 Å². The zero-order chi connectivity index (χ0) is 14.5. The quantitative estimate of drug-likeness (QED) is 0.625. The molecular formula is C14H18O3S2. The summed E-state index contributed by atoms with van der Waals surface area (Å²) in [5.41, 5.74) is 0. The minimum Gasteiger partial charge on any atom is -0.497 e. The number of carbonyl (C=O) groups is 2. The molecule has 0 spiro atoms. The summed E-state index contributed by atoms with van der Waals surface area (Å²) < 4.78 is 4.89. The van der Waals surface area contributed by atoms with Gasteiger partial charge < -0.3 is 4.74 Å². The predicted octanol–water partition coefficient (Wildman–Crippen LogP) is 3.76. The van der Waals surface area contributed by atoms with Crippen LogP contribution in [0.5, 0.6) is 5.75 Å². The monoisotopic (exact) mass is 298 g/mol. The average Bonchev–Trinajstić information content (AvgIpc) is 2.27. The predicted molar refractivity (Wildman–Crippen MR) is 80.8 cm³/mol. The molecule has 104 valence electrons.